The molecule has 0 saturated heterocycles. The summed E-state index contributed by atoms with van der Waals surface area (Å²) in [7, 11) is 3.10. The maximum Gasteiger partial charge on any atom is 0.271 e. The van der Waals surface area contributed by atoms with Crippen LogP contribution < -0.4 is 14.8 Å². The number of carbonyl (C=O) groups is 1. The van der Waals surface area contributed by atoms with Gasteiger partial charge < -0.3 is 20.0 Å². The van der Waals surface area contributed by atoms with E-state index >= 15 is 0 Å². The van der Waals surface area contributed by atoms with E-state index in [9.17, 15) is 20.1 Å². The van der Waals surface area contributed by atoms with E-state index in [1.54, 1.807) is 55.7 Å². The zero-order valence-electron chi connectivity index (χ0n) is 18.3. The highest BCUT2D eigenvalue weighted by Crippen LogP contribution is 2.28. The summed E-state index contributed by atoms with van der Waals surface area (Å²) in [5, 5.41) is 24.2. The van der Waals surface area contributed by atoms with Crippen molar-refractivity contribution in [3.8, 4) is 22.9 Å². The summed E-state index contributed by atoms with van der Waals surface area (Å²) < 4.78 is 11.3. The van der Waals surface area contributed by atoms with E-state index in [-0.39, 0.29) is 22.9 Å². The molecule has 4 rings (SSSR count). The zero-order valence-corrected chi connectivity index (χ0v) is 18.3. The smallest absolute Gasteiger partial charge is 0.271 e. The Hall–Kier alpha value is -4.86. The van der Waals surface area contributed by atoms with Gasteiger partial charge in [-0.1, -0.05) is 0 Å². The lowest BCUT2D eigenvalue weighted by Crippen LogP contribution is -2.07. The van der Waals surface area contributed by atoms with E-state index in [0.717, 1.165) is 10.3 Å². The maximum absolute atomic E-state index is 12.3. The van der Waals surface area contributed by atoms with Crippen LogP contribution in [0.4, 0.5) is 11.4 Å². The lowest BCUT2D eigenvalue weighted by Gasteiger charge is -2.07. The van der Waals surface area contributed by atoms with Crippen LogP contribution in [0.15, 0.2) is 66.7 Å². The highest BCUT2D eigenvalue weighted by molar-refractivity contribution is 6.02. The van der Waals surface area contributed by atoms with Crippen molar-refractivity contribution in [1.82, 2.24) is 9.71 Å². The number of carbonyl (C=O) groups excluding carboxylic acids is 1. The quantitative estimate of drug-likeness (QED) is 0.180. The maximum atomic E-state index is 12.3. The minimum absolute atomic E-state index is 0.146. The number of nitrogens with one attached hydrogen (secondary N) is 1. The number of methoxy groups -OCH3 is 2. The van der Waals surface area contributed by atoms with Crippen molar-refractivity contribution in [3.05, 3.63) is 82.4 Å². The minimum Gasteiger partial charge on any atom is -0.497 e. The Bertz CT molecular complexity index is 1410. The second kappa shape index (κ2) is 9.33. The largest absolute Gasteiger partial charge is 0.497 e. The Labute approximate surface area is 193 Å². The molecule has 10 nitrogen and oxygen atoms in total. The van der Waals surface area contributed by atoms with Crippen LogP contribution >= 0.6 is 0 Å². The molecular weight excluding hydrogens is 440 g/mol. The van der Waals surface area contributed by atoms with Crippen molar-refractivity contribution < 1.29 is 24.4 Å². The predicted octanol–water partition coefficient (Wildman–Crippen LogP) is 4.52. The molecule has 0 radical (unpaired) electrons. The number of aromatic nitrogens is 2. The summed E-state index contributed by atoms with van der Waals surface area (Å²) in [6, 6.07) is 16.0. The van der Waals surface area contributed by atoms with Gasteiger partial charge in [-0.25, -0.2) is 4.98 Å². The lowest BCUT2D eigenvalue weighted by atomic mass is 10.1. The number of fused-ring (bicyclic) bond motifs is 1. The third-order valence-electron chi connectivity index (χ3n) is 5.09. The topological polar surface area (TPSA) is 129 Å². The highest BCUT2D eigenvalue weighted by atomic mass is 16.6. The molecular formula is C24H20N4O6. The van der Waals surface area contributed by atoms with Gasteiger partial charge >= 0.3 is 0 Å². The standard InChI is InChI=1S/C24H20N4O6/c1-33-19-10-5-15(22(14-19)34-2)6-12-23(29)25-17-7-3-16(4-8-17)24-26-20-11-9-18(28(31)32)13-21(20)27(24)30/h3-14,30H,1-2H3,(H,25,29). The first-order valence-electron chi connectivity index (χ1n) is 10.1. The molecule has 34 heavy (non-hydrogen) atoms. The van der Waals surface area contributed by atoms with Gasteiger partial charge in [0.05, 0.1) is 24.7 Å². The Morgan fingerprint density at radius 2 is 1.85 bits per heavy atom. The van der Waals surface area contributed by atoms with Gasteiger partial charge in [-0.3, -0.25) is 14.9 Å². The molecule has 4 aromatic rings. The molecule has 3 aromatic carbocycles. The first kappa shape index (κ1) is 22.3. The van der Waals surface area contributed by atoms with Crippen LogP contribution in [0.25, 0.3) is 28.5 Å². The SMILES string of the molecule is COc1ccc(C=CC(=O)Nc2ccc(-c3nc4ccc([N+](=O)[O-])cc4n3O)cc2)c(OC)c1. The van der Waals surface area contributed by atoms with Gasteiger partial charge in [0.2, 0.25) is 5.91 Å². The number of amides is 1. The Morgan fingerprint density at radius 1 is 1.09 bits per heavy atom. The van der Waals surface area contributed by atoms with Crippen LogP contribution in [0, 0.1) is 10.1 Å². The number of anilines is 1. The van der Waals surface area contributed by atoms with E-state index in [0.29, 0.717) is 28.3 Å². The van der Waals surface area contributed by atoms with Gasteiger partial charge in [0, 0.05) is 41.1 Å². The number of rotatable bonds is 7. The molecule has 1 aromatic heterocycles. The monoisotopic (exact) mass is 460 g/mol. The summed E-state index contributed by atoms with van der Waals surface area (Å²) in [5.74, 6) is 1.10. The van der Waals surface area contributed by atoms with E-state index in [1.807, 2.05) is 0 Å². The normalized spacial score (nSPS) is 11.0. The molecule has 0 bridgehead atoms. The molecule has 0 aliphatic rings. The minimum atomic E-state index is -0.539. The fourth-order valence-electron chi connectivity index (χ4n) is 3.36. The molecule has 0 aliphatic carbocycles. The van der Waals surface area contributed by atoms with Crippen LogP contribution in [0.2, 0.25) is 0 Å². The van der Waals surface area contributed by atoms with Crippen LogP contribution in [-0.4, -0.2) is 40.0 Å². The van der Waals surface area contributed by atoms with Crippen molar-refractivity contribution in [3.63, 3.8) is 0 Å². The number of ether oxygens (including phenoxy) is 2. The van der Waals surface area contributed by atoms with E-state index < -0.39 is 4.92 Å². The predicted molar refractivity (Wildman–Crippen MR) is 126 cm³/mol. The molecule has 1 amide bonds. The number of hydrogen-bond donors (Lipinski definition) is 2. The van der Waals surface area contributed by atoms with Crippen LogP contribution in [0.5, 0.6) is 11.5 Å². The average Bonchev–Trinajstić information content (AvgIpc) is 3.18. The second-order valence-corrected chi connectivity index (χ2v) is 7.19. The summed E-state index contributed by atoms with van der Waals surface area (Å²) in [6.45, 7) is 0. The number of non-ortho nitro benzene ring substituents is 1. The van der Waals surface area contributed by atoms with Crippen LogP contribution in [0.1, 0.15) is 5.56 Å². The highest BCUT2D eigenvalue weighted by Gasteiger charge is 2.16. The van der Waals surface area contributed by atoms with Crippen molar-refractivity contribution >= 4 is 34.4 Å². The summed E-state index contributed by atoms with van der Waals surface area (Å²) in [4.78, 5) is 27.1. The van der Waals surface area contributed by atoms with Gasteiger partial charge in [-0.2, -0.15) is 4.73 Å². The first-order chi connectivity index (χ1) is 16.4. The van der Waals surface area contributed by atoms with Gasteiger partial charge in [0.1, 0.15) is 17.0 Å². The first-order valence-corrected chi connectivity index (χ1v) is 10.1. The van der Waals surface area contributed by atoms with E-state index in [2.05, 4.69) is 10.3 Å². The average molecular weight is 460 g/mol. The molecule has 0 saturated carbocycles. The molecule has 1 heterocycles. The molecule has 0 fully saturated rings. The Morgan fingerprint density at radius 3 is 2.53 bits per heavy atom. The molecule has 0 spiro atoms. The number of imidazole rings is 1. The number of nitro benzene ring substituents is 1. The van der Waals surface area contributed by atoms with Crippen molar-refractivity contribution in [2.45, 2.75) is 0 Å². The zero-order chi connectivity index (χ0) is 24.2. The molecule has 2 N–H and O–H groups in total. The molecule has 0 aliphatic heterocycles. The summed E-state index contributed by atoms with van der Waals surface area (Å²) in [6.07, 6.45) is 3.02. The number of hydrogen-bond acceptors (Lipinski definition) is 7. The number of nitrogens with zero attached hydrogens (tertiary/aromatic N) is 3. The fourth-order valence-corrected chi connectivity index (χ4v) is 3.36. The summed E-state index contributed by atoms with van der Waals surface area (Å²) >= 11 is 0. The molecule has 0 unspecified atom stereocenters. The second-order valence-electron chi connectivity index (χ2n) is 7.19. The number of nitro groups is 1. The van der Waals surface area contributed by atoms with Crippen molar-refractivity contribution in [2.24, 2.45) is 0 Å². The van der Waals surface area contributed by atoms with Crippen LogP contribution in [0.3, 0.4) is 0 Å². The van der Waals surface area contributed by atoms with Crippen molar-refractivity contribution in [1.29, 1.82) is 0 Å². The van der Waals surface area contributed by atoms with E-state index in [1.165, 1.54) is 31.4 Å². The van der Waals surface area contributed by atoms with Crippen molar-refractivity contribution in [2.75, 3.05) is 19.5 Å². The number of benzene rings is 3. The molecule has 0 atom stereocenters. The van der Waals surface area contributed by atoms with Gasteiger partial charge in [-0.05, 0) is 48.5 Å². The third-order valence-corrected chi connectivity index (χ3v) is 5.09. The van der Waals surface area contributed by atoms with Gasteiger partial charge in [0.15, 0.2) is 5.82 Å². The summed E-state index contributed by atoms with van der Waals surface area (Å²) in [5.41, 5.74) is 2.32. The Kier molecular flexibility index (Phi) is 6.13. The lowest BCUT2D eigenvalue weighted by molar-refractivity contribution is -0.384. The van der Waals surface area contributed by atoms with Gasteiger partial charge in [-0.15, -0.1) is 0 Å². The molecule has 172 valence electrons. The van der Waals surface area contributed by atoms with Gasteiger partial charge in [0.25, 0.3) is 5.69 Å². The third kappa shape index (κ3) is 4.51. The molecule has 10 heteroatoms. The van der Waals surface area contributed by atoms with E-state index in [4.69, 9.17) is 9.47 Å². The fraction of sp³-hybridized carbons (Fsp3) is 0.0833. The van der Waals surface area contributed by atoms with Crippen LogP contribution in [-0.2, 0) is 4.79 Å². The Balaban J connectivity index is 1.49.